The van der Waals surface area contributed by atoms with Gasteiger partial charge >= 0.3 is 0 Å². The van der Waals surface area contributed by atoms with Crippen molar-refractivity contribution in [3.8, 4) is 5.75 Å². The summed E-state index contributed by atoms with van der Waals surface area (Å²) in [6.45, 7) is 6.57. The summed E-state index contributed by atoms with van der Waals surface area (Å²) in [5, 5.41) is 25.0. The Labute approximate surface area is 152 Å². The summed E-state index contributed by atoms with van der Waals surface area (Å²) in [4.78, 5) is 24.6. The second kappa shape index (κ2) is 6.85. The number of benzene rings is 1. The van der Waals surface area contributed by atoms with Gasteiger partial charge in [-0.3, -0.25) is 19.8 Å². The number of nitro benzene ring substituents is 1. The van der Waals surface area contributed by atoms with Gasteiger partial charge in [-0.15, -0.1) is 0 Å². The third-order valence-electron chi connectivity index (χ3n) is 5.12. The van der Waals surface area contributed by atoms with E-state index in [0.29, 0.717) is 11.3 Å². The van der Waals surface area contributed by atoms with Crippen LogP contribution in [0.1, 0.15) is 51.6 Å². The van der Waals surface area contributed by atoms with Crippen molar-refractivity contribution in [2.45, 2.75) is 57.8 Å². The van der Waals surface area contributed by atoms with E-state index in [4.69, 9.17) is 4.74 Å². The molecule has 8 nitrogen and oxygen atoms in total. The predicted molar refractivity (Wildman–Crippen MR) is 96.3 cm³/mol. The quantitative estimate of drug-likeness (QED) is 0.632. The van der Waals surface area contributed by atoms with E-state index in [1.807, 2.05) is 0 Å². The highest BCUT2D eigenvalue weighted by Gasteiger charge is 2.46. The lowest BCUT2D eigenvalue weighted by Gasteiger charge is -2.47. The van der Waals surface area contributed by atoms with Crippen molar-refractivity contribution >= 4 is 17.3 Å². The minimum Gasteiger partial charge on any atom is -0.485 e. The molecule has 0 unspecified atom stereocenters. The van der Waals surface area contributed by atoms with Gasteiger partial charge in [-0.25, -0.2) is 0 Å². The maximum Gasteiger partial charge on any atom is 0.293 e. The van der Waals surface area contributed by atoms with Gasteiger partial charge in [0.2, 0.25) is 5.91 Å². The molecule has 2 heterocycles. The highest BCUT2D eigenvalue weighted by molar-refractivity contribution is 5.92. The molecular weight excluding hydrogens is 338 g/mol. The number of amides is 1. The highest BCUT2D eigenvalue weighted by Crippen LogP contribution is 2.47. The number of fused-ring (bicyclic) bond motifs is 1. The molecule has 26 heavy (non-hydrogen) atoms. The zero-order chi connectivity index (χ0) is 19.1. The first-order valence-corrected chi connectivity index (χ1v) is 8.92. The average molecular weight is 363 g/mol. The fourth-order valence-electron chi connectivity index (χ4n) is 3.83. The molecular formula is C18H25N3O5. The Bertz CT molecular complexity index is 728. The monoisotopic (exact) mass is 363 g/mol. The molecule has 2 N–H and O–H groups in total. The van der Waals surface area contributed by atoms with Gasteiger partial charge in [0.15, 0.2) is 0 Å². The van der Waals surface area contributed by atoms with Crippen LogP contribution in [0.25, 0.3) is 0 Å². The molecule has 8 heteroatoms. The van der Waals surface area contributed by atoms with Gasteiger partial charge in [0.25, 0.3) is 5.69 Å². The van der Waals surface area contributed by atoms with Crippen LogP contribution in [0.3, 0.4) is 0 Å². The van der Waals surface area contributed by atoms with Crippen molar-refractivity contribution in [2.24, 2.45) is 0 Å². The van der Waals surface area contributed by atoms with Gasteiger partial charge in [-0.05, 0) is 39.8 Å². The molecule has 3 rings (SSSR count). The summed E-state index contributed by atoms with van der Waals surface area (Å²) in [6, 6.07) is 2.55. The SMILES string of the molecule is CC(=O)Nc1cc2c(cc1[N+](=O)[O-])[C@@H](N1CCCCC1)[C@H](O)C(C)(C)O2. The molecule has 2 aliphatic rings. The first kappa shape index (κ1) is 18.6. The molecule has 1 amide bonds. The fraction of sp³-hybridized carbons (Fsp3) is 0.611. The number of piperidine rings is 1. The Hall–Kier alpha value is -2.19. The van der Waals surface area contributed by atoms with Gasteiger partial charge in [-0.1, -0.05) is 6.42 Å². The number of hydrogen-bond donors (Lipinski definition) is 2. The summed E-state index contributed by atoms with van der Waals surface area (Å²) in [7, 11) is 0. The van der Waals surface area contributed by atoms with E-state index in [-0.39, 0.29) is 17.4 Å². The summed E-state index contributed by atoms with van der Waals surface area (Å²) < 4.78 is 5.96. The van der Waals surface area contributed by atoms with Crippen LogP contribution < -0.4 is 10.1 Å². The minimum atomic E-state index is -0.848. The Morgan fingerprint density at radius 1 is 1.35 bits per heavy atom. The van der Waals surface area contributed by atoms with E-state index in [1.54, 1.807) is 13.8 Å². The number of anilines is 1. The molecule has 0 saturated carbocycles. The molecule has 0 aromatic heterocycles. The van der Waals surface area contributed by atoms with Crippen LogP contribution in [-0.2, 0) is 4.79 Å². The van der Waals surface area contributed by atoms with Gasteiger partial charge in [0.1, 0.15) is 23.1 Å². The molecule has 1 saturated heterocycles. The molecule has 1 aromatic rings. The lowest BCUT2D eigenvalue weighted by molar-refractivity contribution is -0.384. The standard InChI is InChI=1S/C18H25N3O5/c1-11(22)19-13-10-15-12(9-14(13)21(24)25)16(17(23)18(2,3)26-15)20-7-5-4-6-8-20/h9-10,16-17,23H,4-8H2,1-3H3,(H,19,22)/t16-,17+/m1/s1. The lowest BCUT2D eigenvalue weighted by Crippen LogP contribution is -2.54. The smallest absolute Gasteiger partial charge is 0.293 e. The lowest BCUT2D eigenvalue weighted by atomic mass is 9.84. The maximum absolute atomic E-state index is 11.5. The van der Waals surface area contributed by atoms with Crippen molar-refractivity contribution in [1.82, 2.24) is 4.90 Å². The summed E-state index contributed by atoms with van der Waals surface area (Å²) in [5.74, 6) is 0.0703. The van der Waals surface area contributed by atoms with Crippen LogP contribution in [0.15, 0.2) is 12.1 Å². The number of aliphatic hydroxyl groups excluding tert-OH is 1. The Kier molecular flexibility index (Phi) is 4.90. The third kappa shape index (κ3) is 3.39. The van der Waals surface area contributed by atoms with Crippen LogP contribution in [0.5, 0.6) is 5.75 Å². The van der Waals surface area contributed by atoms with E-state index in [9.17, 15) is 20.0 Å². The number of likely N-dealkylation sites (tertiary alicyclic amines) is 1. The van der Waals surface area contributed by atoms with Crippen LogP contribution in [0, 0.1) is 10.1 Å². The molecule has 0 radical (unpaired) electrons. The maximum atomic E-state index is 11.5. The van der Waals surface area contributed by atoms with E-state index < -0.39 is 22.5 Å². The van der Waals surface area contributed by atoms with Crippen molar-refractivity contribution in [2.75, 3.05) is 18.4 Å². The number of nitro groups is 1. The normalized spacial score (nSPS) is 25.1. The fourth-order valence-corrected chi connectivity index (χ4v) is 3.83. The second-order valence-corrected chi connectivity index (χ2v) is 7.54. The highest BCUT2D eigenvalue weighted by atomic mass is 16.6. The number of aliphatic hydroxyl groups is 1. The molecule has 142 valence electrons. The first-order chi connectivity index (χ1) is 12.2. The van der Waals surface area contributed by atoms with Crippen LogP contribution in [0.2, 0.25) is 0 Å². The van der Waals surface area contributed by atoms with Crippen LogP contribution >= 0.6 is 0 Å². The average Bonchev–Trinajstić information content (AvgIpc) is 2.55. The number of ether oxygens (including phenoxy) is 1. The molecule has 0 spiro atoms. The molecule has 1 aromatic carbocycles. The molecule has 0 bridgehead atoms. The number of rotatable bonds is 3. The van der Waals surface area contributed by atoms with Crippen molar-refractivity contribution in [3.05, 3.63) is 27.8 Å². The number of carbonyl (C=O) groups excluding carboxylic acids is 1. The van der Waals surface area contributed by atoms with Crippen LogP contribution in [-0.4, -0.2) is 45.6 Å². The van der Waals surface area contributed by atoms with Crippen molar-refractivity contribution < 1.29 is 19.6 Å². The van der Waals surface area contributed by atoms with E-state index in [1.165, 1.54) is 19.1 Å². The van der Waals surface area contributed by atoms with Gasteiger partial charge in [-0.2, -0.15) is 0 Å². The second-order valence-electron chi connectivity index (χ2n) is 7.54. The Morgan fingerprint density at radius 2 is 2.00 bits per heavy atom. The van der Waals surface area contributed by atoms with Gasteiger partial charge in [0, 0.05) is 24.6 Å². The van der Waals surface area contributed by atoms with E-state index in [0.717, 1.165) is 32.4 Å². The molecule has 0 aliphatic carbocycles. The van der Waals surface area contributed by atoms with Crippen LogP contribution in [0.4, 0.5) is 11.4 Å². The predicted octanol–water partition coefficient (Wildman–Crippen LogP) is 2.61. The minimum absolute atomic E-state index is 0.103. The molecule has 1 fully saturated rings. The molecule has 2 aliphatic heterocycles. The van der Waals surface area contributed by atoms with Crippen molar-refractivity contribution in [3.63, 3.8) is 0 Å². The number of hydrogen-bond acceptors (Lipinski definition) is 6. The number of nitrogens with one attached hydrogen (secondary N) is 1. The zero-order valence-corrected chi connectivity index (χ0v) is 15.3. The first-order valence-electron chi connectivity index (χ1n) is 8.92. The Morgan fingerprint density at radius 3 is 2.58 bits per heavy atom. The van der Waals surface area contributed by atoms with Gasteiger partial charge < -0.3 is 15.2 Å². The van der Waals surface area contributed by atoms with Gasteiger partial charge in [0.05, 0.1) is 11.0 Å². The van der Waals surface area contributed by atoms with E-state index in [2.05, 4.69) is 10.2 Å². The molecule has 2 atom stereocenters. The Balaban J connectivity index is 2.12. The topological polar surface area (TPSA) is 105 Å². The zero-order valence-electron chi connectivity index (χ0n) is 15.3. The third-order valence-corrected chi connectivity index (χ3v) is 5.12. The number of carbonyl (C=O) groups is 1. The van der Waals surface area contributed by atoms with E-state index >= 15 is 0 Å². The summed E-state index contributed by atoms with van der Waals surface area (Å²) >= 11 is 0. The van der Waals surface area contributed by atoms with Crippen molar-refractivity contribution in [1.29, 1.82) is 0 Å². The largest absolute Gasteiger partial charge is 0.485 e. The summed E-state index contributed by atoms with van der Waals surface area (Å²) in [6.07, 6.45) is 2.39. The summed E-state index contributed by atoms with van der Waals surface area (Å²) in [5.41, 5.74) is -0.347. The number of nitrogens with zero attached hydrogens (tertiary/aromatic N) is 2.